The number of nitrogens with zero attached hydrogens (tertiary/aromatic N) is 5. The predicted octanol–water partition coefficient (Wildman–Crippen LogP) is 2.19. The Morgan fingerprint density at radius 3 is 1.51 bits per heavy atom. The first-order chi connectivity index (χ1) is 23.0. The van der Waals surface area contributed by atoms with Gasteiger partial charge in [0.25, 0.3) is 0 Å². The zero-order chi connectivity index (χ0) is 37.1. The summed E-state index contributed by atoms with van der Waals surface area (Å²) in [5.74, 6) is 0.663. The lowest BCUT2D eigenvalue weighted by atomic mass is 10.1. The van der Waals surface area contributed by atoms with Gasteiger partial charge < -0.3 is 15.1 Å². The average molecular weight is 685 g/mol. The lowest BCUT2D eigenvalue weighted by Gasteiger charge is -2.32. The SMILES string of the molecule is C=C1CN(C/C=C/C(=O)C(C)C)CC(=O)N1.CC(C)C(=O)/C=C/CN1CCN(C)CC1=O.CCN1CCN(C/C=C/C(=O)C(C)C)C(=O)C1. The predicted molar refractivity (Wildman–Crippen MR) is 193 cm³/mol. The molecule has 0 aromatic rings. The molecule has 274 valence electrons. The summed E-state index contributed by atoms with van der Waals surface area (Å²) in [5.41, 5.74) is 0.708. The minimum atomic E-state index is -0.0418. The molecule has 0 bridgehead atoms. The van der Waals surface area contributed by atoms with Gasteiger partial charge in [-0.3, -0.25) is 43.5 Å². The highest BCUT2D eigenvalue weighted by molar-refractivity contribution is 5.92. The Kier molecular flexibility index (Phi) is 20.1. The van der Waals surface area contributed by atoms with Crippen molar-refractivity contribution in [3.8, 4) is 0 Å². The molecule has 0 unspecified atom stereocenters. The molecule has 0 aliphatic carbocycles. The van der Waals surface area contributed by atoms with Crippen molar-refractivity contribution in [1.82, 2.24) is 29.8 Å². The molecule has 12 nitrogen and oxygen atoms in total. The highest BCUT2D eigenvalue weighted by Gasteiger charge is 2.22. The highest BCUT2D eigenvalue weighted by atomic mass is 16.2. The van der Waals surface area contributed by atoms with E-state index in [9.17, 15) is 28.8 Å². The van der Waals surface area contributed by atoms with Crippen LogP contribution in [0.1, 0.15) is 48.5 Å². The topological polar surface area (TPSA) is 131 Å². The summed E-state index contributed by atoms with van der Waals surface area (Å²) < 4.78 is 0. The molecule has 0 aromatic carbocycles. The maximum Gasteiger partial charge on any atom is 0.238 e. The van der Waals surface area contributed by atoms with Crippen LogP contribution in [0.3, 0.4) is 0 Å². The third kappa shape index (κ3) is 18.0. The Labute approximate surface area is 293 Å². The number of carbonyl (C=O) groups excluding carboxylic acids is 6. The Bertz CT molecular complexity index is 1220. The molecule has 0 spiro atoms. The Morgan fingerprint density at radius 1 is 0.653 bits per heavy atom. The van der Waals surface area contributed by atoms with Crippen molar-refractivity contribution >= 4 is 35.1 Å². The van der Waals surface area contributed by atoms with E-state index < -0.39 is 0 Å². The molecular weight excluding hydrogens is 624 g/mol. The molecule has 3 aliphatic rings. The van der Waals surface area contributed by atoms with Crippen molar-refractivity contribution in [1.29, 1.82) is 0 Å². The quantitative estimate of drug-likeness (QED) is 0.290. The lowest BCUT2D eigenvalue weighted by Crippen LogP contribution is -2.50. The van der Waals surface area contributed by atoms with Gasteiger partial charge in [0.1, 0.15) is 0 Å². The van der Waals surface area contributed by atoms with Crippen molar-refractivity contribution < 1.29 is 28.8 Å². The van der Waals surface area contributed by atoms with Crippen LogP contribution in [0.5, 0.6) is 0 Å². The van der Waals surface area contributed by atoms with Crippen LogP contribution in [-0.2, 0) is 28.8 Å². The minimum absolute atomic E-state index is 0.0240. The van der Waals surface area contributed by atoms with Gasteiger partial charge in [-0.2, -0.15) is 0 Å². The van der Waals surface area contributed by atoms with Crippen LogP contribution in [0.2, 0.25) is 0 Å². The molecule has 0 radical (unpaired) electrons. The summed E-state index contributed by atoms with van der Waals surface area (Å²) in [4.78, 5) is 78.1. The number of hydrogen-bond acceptors (Lipinski definition) is 9. The Hall–Kier alpha value is -3.74. The van der Waals surface area contributed by atoms with E-state index in [1.807, 2.05) is 58.4 Å². The van der Waals surface area contributed by atoms with Crippen molar-refractivity contribution in [2.45, 2.75) is 48.5 Å². The fourth-order valence-electron chi connectivity index (χ4n) is 4.66. The number of ketones is 3. The number of nitrogens with one attached hydrogen (secondary N) is 1. The van der Waals surface area contributed by atoms with E-state index in [-0.39, 0.29) is 52.8 Å². The molecule has 0 aromatic heterocycles. The van der Waals surface area contributed by atoms with Crippen LogP contribution in [0.15, 0.2) is 48.7 Å². The van der Waals surface area contributed by atoms with Crippen LogP contribution in [0.4, 0.5) is 0 Å². The van der Waals surface area contributed by atoms with Crippen LogP contribution in [-0.4, -0.2) is 145 Å². The van der Waals surface area contributed by atoms with Gasteiger partial charge in [0.2, 0.25) is 17.7 Å². The molecule has 3 fully saturated rings. The van der Waals surface area contributed by atoms with E-state index in [1.54, 1.807) is 46.3 Å². The van der Waals surface area contributed by atoms with Gasteiger partial charge in [-0.15, -0.1) is 0 Å². The van der Waals surface area contributed by atoms with E-state index in [0.29, 0.717) is 51.5 Å². The van der Waals surface area contributed by atoms with Gasteiger partial charge in [0.05, 0.1) is 19.6 Å². The molecule has 0 saturated carbocycles. The molecular formula is C37H60N6O6. The fraction of sp³-hybridized carbons (Fsp3) is 0.622. The molecule has 3 heterocycles. The minimum Gasteiger partial charge on any atom is -0.337 e. The standard InChI is InChI=1S/C13H22N2O2.C12H18N2O2.C12H20N2O2/c1-4-14-8-9-15(13(17)10-14)7-5-6-12(16)11(2)3;1-9(2)11(15)5-4-6-14-7-10(3)13-12(16)8-14;1-10(2)11(15)5-4-6-14-8-7-13(3)9-12(14)16/h5-6,11H,4,7-10H2,1-3H3;4-5,9H,3,6-8H2,1-2H3,(H,13,16);4-5,10H,6-9H2,1-3H3/b6-5+;2*5-4+. The van der Waals surface area contributed by atoms with Crippen LogP contribution < -0.4 is 5.32 Å². The summed E-state index contributed by atoms with van der Waals surface area (Å²) in [6.07, 6.45) is 10.1. The van der Waals surface area contributed by atoms with Gasteiger partial charge in [0.15, 0.2) is 17.3 Å². The van der Waals surface area contributed by atoms with Gasteiger partial charge in [-0.25, -0.2) is 0 Å². The number of likely N-dealkylation sites (N-methyl/N-ethyl adjacent to an activating group) is 2. The van der Waals surface area contributed by atoms with Crippen LogP contribution in [0.25, 0.3) is 0 Å². The number of amides is 3. The van der Waals surface area contributed by atoms with E-state index in [0.717, 1.165) is 32.7 Å². The first kappa shape index (κ1) is 43.3. The maximum atomic E-state index is 11.7. The zero-order valence-corrected chi connectivity index (χ0v) is 31.1. The maximum absolute atomic E-state index is 11.7. The van der Waals surface area contributed by atoms with Crippen molar-refractivity contribution in [3.05, 3.63) is 48.7 Å². The smallest absolute Gasteiger partial charge is 0.238 e. The molecule has 3 amide bonds. The lowest BCUT2D eigenvalue weighted by molar-refractivity contribution is -0.135. The van der Waals surface area contributed by atoms with Gasteiger partial charge in [-0.05, 0) is 31.8 Å². The van der Waals surface area contributed by atoms with E-state index >= 15 is 0 Å². The second kappa shape index (κ2) is 22.8. The zero-order valence-electron chi connectivity index (χ0n) is 31.1. The van der Waals surface area contributed by atoms with E-state index in [4.69, 9.17) is 0 Å². The fourth-order valence-corrected chi connectivity index (χ4v) is 4.66. The molecule has 12 heteroatoms. The monoisotopic (exact) mass is 684 g/mol. The first-order valence-corrected chi connectivity index (χ1v) is 17.3. The van der Waals surface area contributed by atoms with Crippen LogP contribution >= 0.6 is 0 Å². The molecule has 3 saturated heterocycles. The Balaban J connectivity index is 0.000000368. The molecule has 49 heavy (non-hydrogen) atoms. The van der Waals surface area contributed by atoms with Crippen molar-refractivity contribution in [2.24, 2.45) is 17.8 Å². The third-order valence-electron chi connectivity index (χ3n) is 8.02. The van der Waals surface area contributed by atoms with Crippen LogP contribution in [0, 0.1) is 17.8 Å². The number of rotatable bonds is 13. The number of allylic oxidation sites excluding steroid dienone is 3. The Morgan fingerprint density at radius 2 is 1.10 bits per heavy atom. The summed E-state index contributed by atoms with van der Waals surface area (Å²) in [7, 11) is 1.94. The summed E-state index contributed by atoms with van der Waals surface area (Å²) in [6.45, 7) is 24.9. The normalized spacial score (nSPS) is 18.4. The number of hydrogen-bond donors (Lipinski definition) is 1. The summed E-state index contributed by atoms with van der Waals surface area (Å²) in [5, 5.41) is 2.66. The number of carbonyl (C=O) groups is 6. The second-order valence-electron chi connectivity index (χ2n) is 13.5. The molecule has 0 atom stereocenters. The second-order valence-corrected chi connectivity index (χ2v) is 13.5. The highest BCUT2D eigenvalue weighted by Crippen LogP contribution is 2.05. The number of piperazine rings is 3. The van der Waals surface area contributed by atoms with Gasteiger partial charge >= 0.3 is 0 Å². The first-order valence-electron chi connectivity index (χ1n) is 17.3. The van der Waals surface area contributed by atoms with Crippen molar-refractivity contribution in [2.75, 3.05) is 85.6 Å². The van der Waals surface area contributed by atoms with Gasteiger partial charge in [-0.1, -0.05) is 73.3 Å². The average Bonchev–Trinajstić information content (AvgIpc) is 3.02. The summed E-state index contributed by atoms with van der Waals surface area (Å²) >= 11 is 0. The van der Waals surface area contributed by atoms with Gasteiger partial charge in [0, 0.05) is 75.8 Å². The largest absolute Gasteiger partial charge is 0.337 e. The van der Waals surface area contributed by atoms with E-state index in [1.165, 1.54) is 0 Å². The molecule has 1 N–H and O–H groups in total. The third-order valence-corrected chi connectivity index (χ3v) is 8.02. The van der Waals surface area contributed by atoms with Crippen molar-refractivity contribution in [3.63, 3.8) is 0 Å². The van der Waals surface area contributed by atoms with E-state index in [2.05, 4.69) is 23.7 Å². The molecule has 3 aliphatic heterocycles. The molecule has 3 rings (SSSR count). The summed E-state index contributed by atoms with van der Waals surface area (Å²) in [6, 6.07) is 0.